The Kier molecular flexibility index (Phi) is 5.80. The summed E-state index contributed by atoms with van der Waals surface area (Å²) in [4.78, 5) is 14.4. The zero-order valence-corrected chi connectivity index (χ0v) is 16.8. The first-order chi connectivity index (χ1) is 13.8. The minimum atomic E-state index is -0.397. The van der Waals surface area contributed by atoms with Gasteiger partial charge in [-0.05, 0) is 51.6 Å². The smallest absolute Gasteiger partial charge is 0.239 e. The Hall–Kier alpha value is -3.44. The van der Waals surface area contributed by atoms with Crippen LogP contribution in [0.2, 0.25) is 0 Å². The number of nitrogens with zero attached hydrogens (tertiary/aromatic N) is 4. The third-order valence-electron chi connectivity index (χ3n) is 4.67. The van der Waals surface area contributed by atoms with E-state index in [4.69, 9.17) is 4.52 Å². The van der Waals surface area contributed by atoms with Crippen molar-refractivity contribution in [3.63, 3.8) is 0 Å². The van der Waals surface area contributed by atoms with Gasteiger partial charge in [0.1, 0.15) is 23.5 Å². The largest absolute Gasteiger partial charge is 0.361 e. The van der Waals surface area contributed by atoms with Gasteiger partial charge < -0.3 is 9.84 Å². The van der Waals surface area contributed by atoms with E-state index in [1.807, 2.05) is 13.0 Å². The molecule has 0 fully saturated rings. The molecule has 7 nitrogen and oxygen atoms in total. The number of amides is 1. The third-order valence-corrected chi connectivity index (χ3v) is 4.67. The van der Waals surface area contributed by atoms with Gasteiger partial charge in [0.25, 0.3) is 0 Å². The Morgan fingerprint density at radius 1 is 1.34 bits per heavy atom. The number of nitriles is 1. The second kappa shape index (κ2) is 8.29. The maximum Gasteiger partial charge on any atom is 0.239 e. The highest BCUT2D eigenvalue weighted by Crippen LogP contribution is 2.30. The standard InChI is InChI=1S/C21H22FN5O2/c1-13-8-17(25-29-13)11-26(4)12-20(28)24-21-19(10-23)14(2)15(3)27(21)18-7-5-6-16(22)9-18/h5-9H,11-12H2,1-4H3,(H,24,28). The van der Waals surface area contributed by atoms with E-state index in [1.165, 1.54) is 12.1 Å². The lowest BCUT2D eigenvalue weighted by Crippen LogP contribution is -2.30. The lowest BCUT2D eigenvalue weighted by atomic mass is 10.2. The van der Waals surface area contributed by atoms with Crippen molar-refractivity contribution in [1.82, 2.24) is 14.6 Å². The van der Waals surface area contributed by atoms with Gasteiger partial charge in [-0.1, -0.05) is 11.2 Å². The zero-order valence-electron chi connectivity index (χ0n) is 16.8. The molecule has 3 rings (SSSR count). The number of halogens is 1. The maximum atomic E-state index is 13.8. The molecule has 29 heavy (non-hydrogen) atoms. The average molecular weight is 395 g/mol. The predicted octanol–water partition coefficient (Wildman–Crippen LogP) is 3.47. The molecule has 0 atom stereocenters. The fraction of sp³-hybridized carbons (Fsp3) is 0.286. The van der Waals surface area contributed by atoms with Crippen molar-refractivity contribution in [1.29, 1.82) is 5.26 Å². The van der Waals surface area contributed by atoms with E-state index in [9.17, 15) is 14.4 Å². The van der Waals surface area contributed by atoms with Crippen LogP contribution in [0.15, 0.2) is 34.9 Å². The molecule has 0 unspecified atom stereocenters. The van der Waals surface area contributed by atoms with E-state index in [0.717, 1.165) is 17.0 Å². The summed E-state index contributed by atoms with van der Waals surface area (Å²) < 4.78 is 20.5. The Morgan fingerprint density at radius 2 is 2.10 bits per heavy atom. The Labute approximate surface area is 168 Å². The van der Waals surface area contributed by atoms with Crippen LogP contribution in [-0.2, 0) is 11.3 Å². The number of carbonyl (C=O) groups is 1. The summed E-state index contributed by atoms with van der Waals surface area (Å²) in [7, 11) is 1.79. The number of aromatic nitrogens is 2. The molecule has 1 aromatic carbocycles. The first-order valence-corrected chi connectivity index (χ1v) is 9.08. The summed E-state index contributed by atoms with van der Waals surface area (Å²) in [5.41, 5.74) is 3.11. The second-order valence-electron chi connectivity index (χ2n) is 7.01. The van der Waals surface area contributed by atoms with Crippen LogP contribution in [0.5, 0.6) is 0 Å². The molecule has 0 saturated carbocycles. The van der Waals surface area contributed by atoms with Crippen molar-refractivity contribution in [3.05, 3.63) is 64.4 Å². The van der Waals surface area contributed by atoms with E-state index in [0.29, 0.717) is 29.4 Å². The molecule has 3 aromatic rings. The van der Waals surface area contributed by atoms with E-state index < -0.39 is 5.82 Å². The monoisotopic (exact) mass is 395 g/mol. The first kappa shape index (κ1) is 20.3. The van der Waals surface area contributed by atoms with Crippen molar-refractivity contribution in [3.8, 4) is 11.8 Å². The van der Waals surface area contributed by atoms with Gasteiger partial charge in [0.15, 0.2) is 0 Å². The Morgan fingerprint density at radius 3 is 2.72 bits per heavy atom. The second-order valence-corrected chi connectivity index (χ2v) is 7.01. The van der Waals surface area contributed by atoms with Crippen LogP contribution < -0.4 is 5.32 Å². The molecule has 0 aliphatic carbocycles. The van der Waals surface area contributed by atoms with Crippen molar-refractivity contribution in [2.24, 2.45) is 0 Å². The summed E-state index contributed by atoms with van der Waals surface area (Å²) in [5.74, 6) is 0.352. The van der Waals surface area contributed by atoms with Crippen molar-refractivity contribution in [2.75, 3.05) is 18.9 Å². The van der Waals surface area contributed by atoms with E-state index in [-0.39, 0.29) is 12.5 Å². The van der Waals surface area contributed by atoms with Crippen LogP contribution in [0.3, 0.4) is 0 Å². The molecular formula is C21H22FN5O2. The summed E-state index contributed by atoms with van der Waals surface area (Å²) in [6, 6.07) is 9.98. The molecule has 2 aromatic heterocycles. The highest BCUT2D eigenvalue weighted by molar-refractivity contribution is 5.93. The number of hydrogen-bond acceptors (Lipinski definition) is 5. The number of aryl methyl sites for hydroxylation is 1. The molecule has 8 heteroatoms. The molecule has 150 valence electrons. The molecule has 1 N–H and O–H groups in total. The summed E-state index contributed by atoms with van der Waals surface area (Å²) in [6.07, 6.45) is 0. The van der Waals surface area contributed by atoms with Gasteiger partial charge in [-0.2, -0.15) is 5.26 Å². The zero-order chi connectivity index (χ0) is 21.1. The number of likely N-dealkylation sites (N-methyl/N-ethyl adjacent to an activating group) is 1. The average Bonchev–Trinajstić information content (AvgIpc) is 3.15. The SMILES string of the molecule is Cc1cc(CN(C)CC(=O)Nc2c(C#N)c(C)c(C)n2-c2cccc(F)c2)no1. The minimum absolute atomic E-state index is 0.0865. The quantitative estimate of drug-likeness (QED) is 0.691. The van der Waals surface area contributed by atoms with Crippen LogP contribution >= 0.6 is 0 Å². The van der Waals surface area contributed by atoms with Crippen molar-refractivity contribution in [2.45, 2.75) is 27.3 Å². The minimum Gasteiger partial charge on any atom is -0.361 e. The van der Waals surface area contributed by atoms with Crippen LogP contribution in [-0.4, -0.2) is 34.1 Å². The van der Waals surface area contributed by atoms with Gasteiger partial charge in [-0.25, -0.2) is 4.39 Å². The van der Waals surface area contributed by atoms with Gasteiger partial charge >= 0.3 is 0 Å². The number of anilines is 1. The number of carbonyl (C=O) groups excluding carboxylic acids is 1. The van der Waals surface area contributed by atoms with Crippen LogP contribution in [0, 0.1) is 37.9 Å². The normalized spacial score (nSPS) is 10.9. The lowest BCUT2D eigenvalue weighted by molar-refractivity contribution is -0.117. The highest BCUT2D eigenvalue weighted by atomic mass is 19.1. The molecule has 0 aliphatic rings. The van der Waals surface area contributed by atoms with Crippen LogP contribution in [0.1, 0.15) is 28.3 Å². The number of rotatable bonds is 6. The lowest BCUT2D eigenvalue weighted by Gasteiger charge is -2.17. The van der Waals surface area contributed by atoms with Crippen LogP contribution in [0.25, 0.3) is 5.69 Å². The van der Waals surface area contributed by atoms with Crippen LogP contribution in [0.4, 0.5) is 10.2 Å². The van der Waals surface area contributed by atoms with Gasteiger partial charge in [0.05, 0.1) is 23.5 Å². The molecule has 2 heterocycles. The van der Waals surface area contributed by atoms with Gasteiger partial charge in [0, 0.05) is 18.3 Å². The molecule has 0 bridgehead atoms. The molecule has 1 amide bonds. The topological polar surface area (TPSA) is 87.1 Å². The van der Waals surface area contributed by atoms with Gasteiger partial charge in [0.2, 0.25) is 5.91 Å². The third kappa shape index (κ3) is 4.36. The predicted molar refractivity (Wildman–Crippen MR) is 106 cm³/mol. The number of nitrogens with one attached hydrogen (secondary N) is 1. The molecule has 0 saturated heterocycles. The van der Waals surface area contributed by atoms with Gasteiger partial charge in [-0.15, -0.1) is 0 Å². The van der Waals surface area contributed by atoms with Crippen molar-refractivity contribution < 1.29 is 13.7 Å². The molecular weight excluding hydrogens is 373 g/mol. The number of hydrogen-bond donors (Lipinski definition) is 1. The van der Waals surface area contributed by atoms with Gasteiger partial charge in [-0.3, -0.25) is 14.3 Å². The maximum absolute atomic E-state index is 13.8. The fourth-order valence-electron chi connectivity index (χ4n) is 3.24. The van der Waals surface area contributed by atoms with E-state index >= 15 is 0 Å². The molecule has 0 spiro atoms. The summed E-state index contributed by atoms with van der Waals surface area (Å²) in [5, 5.41) is 16.4. The summed E-state index contributed by atoms with van der Waals surface area (Å²) >= 11 is 0. The van der Waals surface area contributed by atoms with Crippen molar-refractivity contribution >= 4 is 11.7 Å². The van der Waals surface area contributed by atoms with E-state index in [2.05, 4.69) is 16.5 Å². The van der Waals surface area contributed by atoms with E-state index in [1.54, 1.807) is 42.5 Å². The summed E-state index contributed by atoms with van der Waals surface area (Å²) in [6.45, 7) is 5.97. The Bertz CT molecular complexity index is 1090. The Balaban J connectivity index is 1.85. The highest BCUT2D eigenvalue weighted by Gasteiger charge is 2.21. The molecule has 0 aliphatic heterocycles. The first-order valence-electron chi connectivity index (χ1n) is 9.08. The fourth-order valence-corrected chi connectivity index (χ4v) is 3.24. The number of benzene rings is 1. The molecule has 0 radical (unpaired) electrons.